The van der Waals surface area contributed by atoms with Crippen LogP contribution in [0.2, 0.25) is 0 Å². The second-order valence-electron chi connectivity index (χ2n) is 6.12. The van der Waals surface area contributed by atoms with Gasteiger partial charge in [-0.15, -0.1) is 11.8 Å². The summed E-state index contributed by atoms with van der Waals surface area (Å²) in [6.07, 6.45) is 1.73. The van der Waals surface area contributed by atoms with Crippen molar-refractivity contribution >= 4 is 34.4 Å². The lowest BCUT2D eigenvalue weighted by Gasteiger charge is -2.35. The minimum Gasteiger partial charge on any atom is -0.304 e. The van der Waals surface area contributed by atoms with E-state index in [4.69, 9.17) is 0 Å². The summed E-state index contributed by atoms with van der Waals surface area (Å²) in [5.74, 6) is 0.905. The average molecular weight is 338 g/mol. The first-order chi connectivity index (χ1) is 11.6. The van der Waals surface area contributed by atoms with Crippen LogP contribution in [0.4, 0.5) is 5.69 Å². The molecule has 1 aromatic carbocycles. The number of aromatic nitrogens is 3. The number of fused-ring (bicyclic) bond motifs is 2. The first-order valence-corrected chi connectivity index (χ1v) is 8.89. The number of hydrogen-bond donors (Lipinski definition) is 0. The number of para-hydroxylation sites is 1. The number of rotatable bonds is 1. The molecule has 2 aromatic heterocycles. The smallest absolute Gasteiger partial charge is 0.259 e. The maximum atomic E-state index is 13.4. The van der Waals surface area contributed by atoms with Crippen LogP contribution in [-0.2, 0) is 7.05 Å². The molecule has 3 aromatic rings. The zero-order valence-electron chi connectivity index (χ0n) is 13.9. The number of carbonyl (C=O) groups is 1. The summed E-state index contributed by atoms with van der Waals surface area (Å²) in [7, 11) is 1.85. The van der Waals surface area contributed by atoms with Gasteiger partial charge in [0, 0.05) is 29.4 Å². The highest BCUT2D eigenvalue weighted by Crippen LogP contribution is 2.38. The Labute approximate surface area is 144 Å². The van der Waals surface area contributed by atoms with Gasteiger partial charge in [-0.1, -0.05) is 12.1 Å². The lowest BCUT2D eigenvalue weighted by molar-refractivity contribution is 0.0981. The van der Waals surface area contributed by atoms with E-state index in [1.807, 2.05) is 43.1 Å². The van der Waals surface area contributed by atoms with Crippen molar-refractivity contribution in [3.63, 3.8) is 0 Å². The lowest BCUT2D eigenvalue weighted by atomic mass is 10.1. The zero-order valence-corrected chi connectivity index (χ0v) is 14.7. The molecule has 5 nitrogen and oxygen atoms in total. The molecule has 1 aliphatic heterocycles. The summed E-state index contributed by atoms with van der Waals surface area (Å²) in [6.45, 7) is 4.00. The van der Waals surface area contributed by atoms with Gasteiger partial charge >= 0.3 is 0 Å². The maximum absolute atomic E-state index is 13.4. The Hall–Kier alpha value is -2.34. The molecule has 0 spiro atoms. The van der Waals surface area contributed by atoms with Crippen LogP contribution in [0, 0.1) is 6.92 Å². The third-order valence-electron chi connectivity index (χ3n) is 4.33. The number of nitrogens with zero attached hydrogens (tertiary/aromatic N) is 4. The van der Waals surface area contributed by atoms with Crippen molar-refractivity contribution in [1.29, 1.82) is 0 Å². The molecule has 0 bridgehead atoms. The molecule has 0 saturated carbocycles. The summed E-state index contributed by atoms with van der Waals surface area (Å²) >= 11 is 1.80. The third kappa shape index (κ3) is 2.29. The predicted octanol–water partition coefficient (Wildman–Crippen LogP) is 3.42. The van der Waals surface area contributed by atoms with Crippen LogP contribution in [0.15, 0.2) is 41.4 Å². The molecule has 1 aliphatic rings. The molecule has 122 valence electrons. The highest BCUT2D eigenvalue weighted by atomic mass is 32.2. The molecule has 6 heteroatoms. The Balaban J connectivity index is 1.88. The number of benzene rings is 1. The van der Waals surface area contributed by atoms with Crippen LogP contribution >= 0.6 is 11.8 Å². The molecular formula is C18H18N4OS. The highest BCUT2D eigenvalue weighted by Gasteiger charge is 2.30. The molecule has 24 heavy (non-hydrogen) atoms. The van der Waals surface area contributed by atoms with E-state index >= 15 is 0 Å². The van der Waals surface area contributed by atoms with Crippen molar-refractivity contribution < 1.29 is 4.79 Å². The average Bonchev–Trinajstić information content (AvgIpc) is 2.94. The fraction of sp³-hybridized carbons (Fsp3) is 0.278. The summed E-state index contributed by atoms with van der Waals surface area (Å²) < 4.78 is 1.71. The van der Waals surface area contributed by atoms with Crippen LogP contribution in [0.3, 0.4) is 0 Å². The first kappa shape index (κ1) is 15.2. The molecule has 0 radical (unpaired) electrons. The fourth-order valence-corrected chi connectivity index (χ4v) is 4.22. The van der Waals surface area contributed by atoms with Gasteiger partial charge in [-0.3, -0.25) is 9.48 Å². The van der Waals surface area contributed by atoms with Crippen LogP contribution < -0.4 is 4.90 Å². The summed E-state index contributed by atoms with van der Waals surface area (Å²) in [5, 5.41) is 5.07. The van der Waals surface area contributed by atoms with Crippen LogP contribution in [0.25, 0.3) is 11.0 Å². The number of aryl methyl sites for hydroxylation is 2. The Morgan fingerprint density at radius 2 is 2.12 bits per heavy atom. The maximum Gasteiger partial charge on any atom is 0.259 e. The number of thioether (sulfide) groups is 1. The minimum absolute atomic E-state index is 0.0127. The second-order valence-corrected chi connectivity index (χ2v) is 7.18. The zero-order chi connectivity index (χ0) is 16.8. The predicted molar refractivity (Wildman–Crippen MR) is 96.7 cm³/mol. The first-order valence-electron chi connectivity index (χ1n) is 7.91. The minimum atomic E-state index is 0.0127. The van der Waals surface area contributed by atoms with E-state index in [0.717, 1.165) is 33.1 Å². The van der Waals surface area contributed by atoms with Gasteiger partial charge in [-0.2, -0.15) is 5.10 Å². The molecule has 0 unspecified atom stereocenters. The van der Waals surface area contributed by atoms with E-state index in [1.165, 1.54) is 0 Å². The van der Waals surface area contributed by atoms with E-state index in [-0.39, 0.29) is 11.9 Å². The normalized spacial score (nSPS) is 17.1. The van der Waals surface area contributed by atoms with Crippen LogP contribution in [-0.4, -0.2) is 32.5 Å². The molecular weight excluding hydrogens is 320 g/mol. The number of anilines is 1. The molecule has 3 heterocycles. The molecule has 0 fully saturated rings. The molecule has 4 rings (SSSR count). The van der Waals surface area contributed by atoms with Crippen LogP contribution in [0.5, 0.6) is 0 Å². The van der Waals surface area contributed by atoms with E-state index in [9.17, 15) is 4.79 Å². The van der Waals surface area contributed by atoms with Gasteiger partial charge in [-0.05, 0) is 32.0 Å². The Kier molecular flexibility index (Phi) is 3.57. The third-order valence-corrected chi connectivity index (χ3v) is 5.63. The van der Waals surface area contributed by atoms with Gasteiger partial charge in [0.2, 0.25) is 0 Å². The molecule has 0 saturated heterocycles. The van der Waals surface area contributed by atoms with E-state index in [2.05, 4.69) is 23.1 Å². The van der Waals surface area contributed by atoms with E-state index in [0.29, 0.717) is 5.56 Å². The Morgan fingerprint density at radius 3 is 2.96 bits per heavy atom. The van der Waals surface area contributed by atoms with Gasteiger partial charge in [-0.25, -0.2) is 4.98 Å². The quantitative estimate of drug-likeness (QED) is 0.682. The van der Waals surface area contributed by atoms with Crippen molar-refractivity contribution in [1.82, 2.24) is 14.8 Å². The second kappa shape index (κ2) is 5.63. The highest BCUT2D eigenvalue weighted by molar-refractivity contribution is 7.99. The summed E-state index contributed by atoms with van der Waals surface area (Å²) in [6, 6.07) is 10.1. The number of carbonyl (C=O) groups excluding carboxylic acids is 1. The number of pyridine rings is 1. The molecule has 0 N–H and O–H groups in total. The summed E-state index contributed by atoms with van der Waals surface area (Å²) in [5.41, 5.74) is 3.21. The van der Waals surface area contributed by atoms with Gasteiger partial charge in [0.15, 0.2) is 5.65 Å². The van der Waals surface area contributed by atoms with Gasteiger partial charge in [0.25, 0.3) is 5.91 Å². The van der Waals surface area contributed by atoms with Crippen molar-refractivity contribution in [2.24, 2.45) is 7.05 Å². The fourth-order valence-electron chi connectivity index (χ4n) is 3.16. The lowest BCUT2D eigenvalue weighted by Crippen LogP contribution is -2.42. The van der Waals surface area contributed by atoms with Gasteiger partial charge in [0.1, 0.15) is 0 Å². The topological polar surface area (TPSA) is 51.0 Å². The van der Waals surface area contributed by atoms with Crippen molar-refractivity contribution in [2.75, 3.05) is 10.7 Å². The molecule has 1 amide bonds. The van der Waals surface area contributed by atoms with Gasteiger partial charge in [0.05, 0.1) is 22.8 Å². The van der Waals surface area contributed by atoms with E-state index in [1.54, 1.807) is 22.6 Å². The van der Waals surface area contributed by atoms with Crippen LogP contribution in [0.1, 0.15) is 23.0 Å². The van der Waals surface area contributed by atoms with Crippen molar-refractivity contribution in [3.8, 4) is 0 Å². The number of amides is 1. The summed E-state index contributed by atoms with van der Waals surface area (Å²) in [4.78, 5) is 21.0. The van der Waals surface area contributed by atoms with Crippen molar-refractivity contribution in [3.05, 3.63) is 47.8 Å². The monoisotopic (exact) mass is 338 g/mol. The largest absolute Gasteiger partial charge is 0.304 e. The SMILES string of the molecule is Cc1cc(C(=O)N2c3ccccc3SC[C@@H]2C)c2cnn(C)c2n1. The van der Waals surface area contributed by atoms with E-state index < -0.39 is 0 Å². The number of hydrogen-bond acceptors (Lipinski definition) is 4. The molecule has 1 atom stereocenters. The van der Waals surface area contributed by atoms with Gasteiger partial charge < -0.3 is 4.90 Å². The van der Waals surface area contributed by atoms with Crippen molar-refractivity contribution in [2.45, 2.75) is 24.8 Å². The Morgan fingerprint density at radius 1 is 1.33 bits per heavy atom. The molecule has 0 aliphatic carbocycles. The standard InChI is InChI=1S/C18H18N4OS/c1-11-8-13(14-9-19-21(3)17(14)20-11)18(23)22-12(2)10-24-16-7-5-4-6-15(16)22/h4-9,12H,10H2,1-3H3/t12-/m0/s1. The Bertz CT molecular complexity index is 949.